The van der Waals surface area contributed by atoms with Gasteiger partial charge in [-0.05, 0) is 5.92 Å². The Morgan fingerprint density at radius 1 is 0.824 bits per heavy atom. The van der Waals surface area contributed by atoms with Gasteiger partial charge in [0.25, 0.3) is 0 Å². The normalized spacial score (nSPS) is 13.9. The average Bonchev–Trinajstić information content (AvgIpc) is 2.19. The quantitative estimate of drug-likeness (QED) is 0.412. The lowest BCUT2D eigenvalue weighted by Gasteiger charge is -2.13. The minimum Gasteiger partial charge on any atom is -0.171 e. The molecule has 3 heteroatoms. The van der Waals surface area contributed by atoms with Crippen LogP contribution in [0.1, 0.15) is 78.1 Å². The molecule has 17 heavy (non-hydrogen) atoms. The second-order valence-electron chi connectivity index (χ2n) is 5.19. The summed E-state index contributed by atoms with van der Waals surface area (Å²) in [6.45, 7) is 3.90. The van der Waals surface area contributed by atoms with Crippen molar-refractivity contribution in [2.24, 2.45) is 5.92 Å². The summed E-state index contributed by atoms with van der Waals surface area (Å²) in [6.07, 6.45) is 5.73. The van der Waals surface area contributed by atoms with Crippen LogP contribution in [0.15, 0.2) is 0 Å². The Balaban J connectivity index is 3.22. The van der Waals surface area contributed by atoms with Gasteiger partial charge in [0.1, 0.15) is 0 Å². The van der Waals surface area contributed by atoms with Crippen molar-refractivity contribution < 1.29 is 13.2 Å². The Morgan fingerprint density at radius 3 is 1.76 bits per heavy atom. The topological polar surface area (TPSA) is 0 Å². The fraction of sp³-hybridized carbons (Fsp3) is 1.00. The molecule has 0 heterocycles. The van der Waals surface area contributed by atoms with Crippen molar-refractivity contribution in [2.45, 2.75) is 84.2 Å². The fourth-order valence-corrected chi connectivity index (χ4v) is 2.12. The van der Waals surface area contributed by atoms with Gasteiger partial charge >= 0.3 is 6.18 Å². The first-order valence-corrected chi connectivity index (χ1v) is 7.02. The summed E-state index contributed by atoms with van der Waals surface area (Å²) < 4.78 is 36.2. The van der Waals surface area contributed by atoms with E-state index in [0.717, 1.165) is 12.8 Å². The van der Waals surface area contributed by atoms with Crippen molar-refractivity contribution in [3.05, 3.63) is 0 Å². The zero-order chi connectivity index (χ0) is 13.1. The van der Waals surface area contributed by atoms with Crippen molar-refractivity contribution in [3.8, 4) is 0 Å². The molecule has 0 radical (unpaired) electrons. The Hall–Kier alpha value is -0.210. The van der Waals surface area contributed by atoms with Crippen LogP contribution in [0.5, 0.6) is 0 Å². The van der Waals surface area contributed by atoms with Gasteiger partial charge in [0, 0.05) is 6.42 Å². The maximum absolute atomic E-state index is 12.1. The lowest BCUT2D eigenvalue weighted by atomic mass is 9.98. The van der Waals surface area contributed by atoms with Crippen LogP contribution in [0.3, 0.4) is 0 Å². The lowest BCUT2D eigenvalue weighted by molar-refractivity contribution is -0.143. The Labute approximate surface area is 104 Å². The van der Waals surface area contributed by atoms with Crippen LogP contribution in [0.2, 0.25) is 0 Å². The number of hydrogen-bond acceptors (Lipinski definition) is 0. The third kappa shape index (κ3) is 13.7. The van der Waals surface area contributed by atoms with Crippen LogP contribution in [0.4, 0.5) is 13.2 Å². The van der Waals surface area contributed by atoms with Crippen LogP contribution in [0.25, 0.3) is 0 Å². The van der Waals surface area contributed by atoms with Crippen LogP contribution in [-0.2, 0) is 0 Å². The van der Waals surface area contributed by atoms with Crippen molar-refractivity contribution in [1.29, 1.82) is 0 Å². The molecule has 0 spiro atoms. The van der Waals surface area contributed by atoms with Crippen molar-refractivity contribution in [2.75, 3.05) is 0 Å². The first kappa shape index (κ1) is 16.8. The summed E-state index contributed by atoms with van der Waals surface area (Å²) in [5.41, 5.74) is 0. The third-order valence-electron chi connectivity index (χ3n) is 3.13. The van der Waals surface area contributed by atoms with Gasteiger partial charge in [-0.1, -0.05) is 71.6 Å². The van der Waals surface area contributed by atoms with E-state index >= 15 is 0 Å². The summed E-state index contributed by atoms with van der Waals surface area (Å²) in [5, 5.41) is 0. The first-order chi connectivity index (χ1) is 7.95. The molecule has 0 rings (SSSR count). The van der Waals surface area contributed by atoms with Gasteiger partial charge in [-0.3, -0.25) is 0 Å². The SMILES string of the molecule is CCCCCCCCCCC(C)CC(F)(F)F. The molecule has 0 aliphatic heterocycles. The summed E-state index contributed by atoms with van der Waals surface area (Å²) >= 11 is 0. The summed E-state index contributed by atoms with van der Waals surface area (Å²) in [4.78, 5) is 0. The van der Waals surface area contributed by atoms with Crippen molar-refractivity contribution in [3.63, 3.8) is 0 Å². The molecular weight excluding hydrogens is 225 g/mol. The largest absolute Gasteiger partial charge is 0.389 e. The molecule has 0 aromatic rings. The van der Waals surface area contributed by atoms with E-state index in [1.54, 1.807) is 6.92 Å². The predicted octanol–water partition coefficient (Wildman–Crippen LogP) is 6.11. The van der Waals surface area contributed by atoms with E-state index < -0.39 is 12.6 Å². The average molecular weight is 252 g/mol. The van der Waals surface area contributed by atoms with Gasteiger partial charge in [-0.2, -0.15) is 13.2 Å². The summed E-state index contributed by atoms with van der Waals surface area (Å²) in [7, 11) is 0. The number of alkyl halides is 3. The Bertz CT molecular complexity index is 163. The van der Waals surface area contributed by atoms with E-state index in [9.17, 15) is 13.2 Å². The Kier molecular flexibility index (Phi) is 9.66. The van der Waals surface area contributed by atoms with Gasteiger partial charge in [0.2, 0.25) is 0 Å². The van der Waals surface area contributed by atoms with E-state index in [1.165, 1.54) is 38.5 Å². The molecule has 0 aromatic heterocycles. The fourth-order valence-electron chi connectivity index (χ4n) is 2.12. The standard InChI is InChI=1S/C14H27F3/c1-3-4-5-6-7-8-9-10-11-13(2)12-14(15,16)17/h13H,3-12H2,1-2H3. The maximum atomic E-state index is 12.1. The minimum absolute atomic E-state index is 0.213. The van der Waals surface area contributed by atoms with Crippen LogP contribution >= 0.6 is 0 Å². The maximum Gasteiger partial charge on any atom is 0.389 e. The highest BCUT2D eigenvalue weighted by molar-refractivity contribution is 4.60. The molecule has 104 valence electrons. The molecule has 0 bridgehead atoms. The molecule has 0 N–H and O–H groups in total. The van der Waals surface area contributed by atoms with E-state index in [0.29, 0.717) is 6.42 Å². The molecule has 1 atom stereocenters. The lowest BCUT2D eigenvalue weighted by Crippen LogP contribution is -2.12. The molecule has 0 nitrogen and oxygen atoms in total. The molecule has 1 unspecified atom stereocenters. The smallest absolute Gasteiger partial charge is 0.171 e. The van der Waals surface area contributed by atoms with E-state index in [-0.39, 0.29) is 5.92 Å². The molecule has 0 saturated carbocycles. The molecular formula is C14H27F3. The van der Waals surface area contributed by atoms with Crippen molar-refractivity contribution >= 4 is 0 Å². The first-order valence-electron chi connectivity index (χ1n) is 7.02. The third-order valence-corrected chi connectivity index (χ3v) is 3.13. The van der Waals surface area contributed by atoms with Gasteiger partial charge < -0.3 is 0 Å². The summed E-state index contributed by atoms with van der Waals surface area (Å²) in [5.74, 6) is -0.213. The molecule has 0 aromatic carbocycles. The number of rotatable bonds is 10. The minimum atomic E-state index is -3.99. The molecule has 0 amide bonds. The van der Waals surface area contributed by atoms with Crippen LogP contribution in [0, 0.1) is 5.92 Å². The molecule has 0 aliphatic carbocycles. The van der Waals surface area contributed by atoms with Gasteiger partial charge in [0.15, 0.2) is 0 Å². The van der Waals surface area contributed by atoms with Crippen LogP contribution in [-0.4, -0.2) is 6.18 Å². The van der Waals surface area contributed by atoms with Gasteiger partial charge in [0.05, 0.1) is 0 Å². The van der Waals surface area contributed by atoms with Crippen LogP contribution < -0.4 is 0 Å². The second kappa shape index (κ2) is 9.78. The number of halogens is 3. The zero-order valence-corrected chi connectivity index (χ0v) is 11.3. The Morgan fingerprint density at radius 2 is 1.29 bits per heavy atom. The van der Waals surface area contributed by atoms with E-state index in [1.807, 2.05) is 0 Å². The van der Waals surface area contributed by atoms with E-state index in [2.05, 4.69) is 6.92 Å². The number of unbranched alkanes of at least 4 members (excludes halogenated alkanes) is 7. The highest BCUT2D eigenvalue weighted by Gasteiger charge is 2.29. The molecule has 0 fully saturated rings. The number of hydrogen-bond donors (Lipinski definition) is 0. The monoisotopic (exact) mass is 252 g/mol. The van der Waals surface area contributed by atoms with Crippen molar-refractivity contribution in [1.82, 2.24) is 0 Å². The molecule has 0 saturated heterocycles. The molecule has 0 aliphatic rings. The second-order valence-corrected chi connectivity index (χ2v) is 5.19. The van der Waals surface area contributed by atoms with E-state index in [4.69, 9.17) is 0 Å². The highest BCUT2D eigenvalue weighted by Crippen LogP contribution is 2.27. The zero-order valence-electron chi connectivity index (χ0n) is 11.3. The highest BCUT2D eigenvalue weighted by atomic mass is 19.4. The predicted molar refractivity (Wildman–Crippen MR) is 67.1 cm³/mol. The van der Waals surface area contributed by atoms with Gasteiger partial charge in [-0.15, -0.1) is 0 Å². The van der Waals surface area contributed by atoms with Gasteiger partial charge in [-0.25, -0.2) is 0 Å². The summed E-state index contributed by atoms with van der Waals surface area (Å²) in [6, 6.07) is 0.